The molecule has 7 nitrogen and oxygen atoms in total. The Kier molecular flexibility index (Phi) is 4.11. The fourth-order valence-corrected chi connectivity index (χ4v) is 3.63. The molecule has 1 N–H and O–H groups in total. The predicted octanol–water partition coefficient (Wildman–Crippen LogP) is 2.41. The van der Waals surface area contributed by atoms with Crippen molar-refractivity contribution in [1.82, 2.24) is 20.3 Å². The molecule has 2 aromatic heterocycles. The standard InChI is InChI=1S/C18H24N4O3/c1-10-16(11(2)22(3)20-10)17-13(6-7-24-17)9-19-18(23)14-8-15(25-21-14)12-4-5-12/h8,12-13,17H,4-7,9H2,1-3H3,(H,19,23)/t13-,17+/m1/s1. The fraction of sp³-hybridized carbons (Fsp3) is 0.611. The molecule has 1 saturated carbocycles. The number of carbonyl (C=O) groups excluding carboxylic acids is 1. The van der Waals surface area contributed by atoms with Gasteiger partial charge >= 0.3 is 0 Å². The monoisotopic (exact) mass is 344 g/mol. The Balaban J connectivity index is 1.41. The van der Waals surface area contributed by atoms with Crippen molar-refractivity contribution in [1.29, 1.82) is 0 Å². The van der Waals surface area contributed by atoms with Crippen LogP contribution in [0.4, 0.5) is 0 Å². The first-order chi connectivity index (χ1) is 12.0. The van der Waals surface area contributed by atoms with Crippen LogP contribution in [0.5, 0.6) is 0 Å². The van der Waals surface area contributed by atoms with E-state index < -0.39 is 0 Å². The SMILES string of the molecule is Cc1nn(C)c(C)c1[C@H]1OCC[C@@H]1CNC(=O)c1cc(C2CC2)on1. The van der Waals surface area contributed by atoms with Crippen molar-refractivity contribution in [2.24, 2.45) is 13.0 Å². The van der Waals surface area contributed by atoms with Gasteiger partial charge in [-0.15, -0.1) is 0 Å². The van der Waals surface area contributed by atoms with Crippen molar-refractivity contribution in [2.45, 2.75) is 45.1 Å². The maximum absolute atomic E-state index is 12.3. The quantitative estimate of drug-likeness (QED) is 0.901. The molecule has 0 radical (unpaired) electrons. The summed E-state index contributed by atoms with van der Waals surface area (Å²) < 4.78 is 13.1. The van der Waals surface area contributed by atoms with E-state index in [2.05, 4.69) is 22.5 Å². The molecule has 1 amide bonds. The Labute approximate surface area is 146 Å². The lowest BCUT2D eigenvalue weighted by Crippen LogP contribution is -2.31. The van der Waals surface area contributed by atoms with Crippen molar-refractivity contribution in [2.75, 3.05) is 13.2 Å². The van der Waals surface area contributed by atoms with E-state index in [-0.39, 0.29) is 17.9 Å². The maximum Gasteiger partial charge on any atom is 0.273 e. The second-order valence-corrected chi connectivity index (χ2v) is 7.15. The third-order valence-corrected chi connectivity index (χ3v) is 5.33. The first kappa shape index (κ1) is 16.3. The number of hydrogen-bond donors (Lipinski definition) is 1. The summed E-state index contributed by atoms with van der Waals surface area (Å²) in [5.41, 5.74) is 3.63. The highest BCUT2D eigenvalue weighted by Gasteiger charge is 2.34. The summed E-state index contributed by atoms with van der Waals surface area (Å²) in [6.07, 6.45) is 3.15. The van der Waals surface area contributed by atoms with Gasteiger partial charge in [0.1, 0.15) is 5.76 Å². The van der Waals surface area contributed by atoms with Crippen LogP contribution in [0.3, 0.4) is 0 Å². The minimum atomic E-state index is -0.180. The number of nitrogens with zero attached hydrogens (tertiary/aromatic N) is 3. The lowest BCUT2D eigenvalue weighted by Gasteiger charge is -2.19. The van der Waals surface area contributed by atoms with Gasteiger partial charge in [0.15, 0.2) is 5.69 Å². The number of aryl methyl sites for hydroxylation is 2. The summed E-state index contributed by atoms with van der Waals surface area (Å²) in [6, 6.07) is 1.77. The van der Waals surface area contributed by atoms with Gasteiger partial charge in [0.05, 0.1) is 11.8 Å². The second kappa shape index (κ2) is 6.29. The molecule has 2 aromatic rings. The molecule has 1 aliphatic heterocycles. The van der Waals surface area contributed by atoms with Crippen molar-refractivity contribution < 1.29 is 14.1 Å². The smallest absolute Gasteiger partial charge is 0.273 e. The molecule has 25 heavy (non-hydrogen) atoms. The van der Waals surface area contributed by atoms with E-state index >= 15 is 0 Å². The van der Waals surface area contributed by atoms with E-state index in [9.17, 15) is 4.79 Å². The zero-order valence-corrected chi connectivity index (χ0v) is 14.9. The van der Waals surface area contributed by atoms with Crippen LogP contribution in [0.25, 0.3) is 0 Å². The Bertz CT molecular complexity index is 790. The van der Waals surface area contributed by atoms with Gasteiger partial charge in [-0.3, -0.25) is 9.48 Å². The summed E-state index contributed by atoms with van der Waals surface area (Å²) >= 11 is 0. The summed E-state index contributed by atoms with van der Waals surface area (Å²) in [4.78, 5) is 12.3. The van der Waals surface area contributed by atoms with E-state index in [4.69, 9.17) is 9.26 Å². The van der Waals surface area contributed by atoms with E-state index in [1.54, 1.807) is 6.07 Å². The molecule has 4 rings (SSSR count). The maximum atomic E-state index is 12.3. The molecule has 3 heterocycles. The molecule has 2 fully saturated rings. The molecule has 2 atom stereocenters. The van der Waals surface area contributed by atoms with Crippen LogP contribution in [-0.4, -0.2) is 34.0 Å². The molecule has 2 aliphatic rings. The molecule has 0 aromatic carbocycles. The highest BCUT2D eigenvalue weighted by molar-refractivity contribution is 5.92. The number of rotatable bonds is 5. The average Bonchev–Trinajstić information content (AvgIpc) is 3.03. The number of ether oxygens (including phenoxy) is 1. The van der Waals surface area contributed by atoms with Crippen LogP contribution in [0.15, 0.2) is 10.6 Å². The lowest BCUT2D eigenvalue weighted by molar-refractivity contribution is 0.0836. The van der Waals surface area contributed by atoms with Gasteiger partial charge in [-0.2, -0.15) is 5.10 Å². The fourth-order valence-electron chi connectivity index (χ4n) is 3.63. The van der Waals surface area contributed by atoms with Crippen molar-refractivity contribution in [3.63, 3.8) is 0 Å². The Hall–Kier alpha value is -2.15. The molecule has 0 spiro atoms. The highest BCUT2D eigenvalue weighted by Crippen LogP contribution is 2.40. The molecular formula is C18H24N4O3. The van der Waals surface area contributed by atoms with Crippen molar-refractivity contribution in [3.8, 4) is 0 Å². The molecule has 0 bridgehead atoms. The van der Waals surface area contributed by atoms with Crippen molar-refractivity contribution in [3.05, 3.63) is 34.5 Å². The Morgan fingerprint density at radius 2 is 2.16 bits per heavy atom. The van der Waals surface area contributed by atoms with Crippen LogP contribution in [-0.2, 0) is 11.8 Å². The van der Waals surface area contributed by atoms with Crippen LogP contribution in [0.1, 0.15) is 64.5 Å². The van der Waals surface area contributed by atoms with Gasteiger partial charge in [-0.1, -0.05) is 5.16 Å². The average molecular weight is 344 g/mol. The normalized spacial score (nSPS) is 23.2. The van der Waals surface area contributed by atoms with Gasteiger partial charge in [0, 0.05) is 49.4 Å². The molecule has 1 aliphatic carbocycles. The summed E-state index contributed by atoms with van der Waals surface area (Å²) in [7, 11) is 1.94. The molecule has 7 heteroatoms. The largest absolute Gasteiger partial charge is 0.373 e. The number of amides is 1. The minimum absolute atomic E-state index is 0.0201. The Morgan fingerprint density at radius 1 is 1.36 bits per heavy atom. The van der Waals surface area contributed by atoms with E-state index in [1.165, 1.54) is 0 Å². The first-order valence-electron chi connectivity index (χ1n) is 8.91. The lowest BCUT2D eigenvalue weighted by atomic mass is 9.94. The molecular weight excluding hydrogens is 320 g/mol. The predicted molar refractivity (Wildman–Crippen MR) is 90.3 cm³/mol. The number of hydrogen-bond acceptors (Lipinski definition) is 5. The molecule has 1 saturated heterocycles. The number of carbonyl (C=O) groups is 1. The van der Waals surface area contributed by atoms with Gasteiger partial charge in [0.2, 0.25) is 0 Å². The highest BCUT2D eigenvalue weighted by atomic mass is 16.5. The first-order valence-corrected chi connectivity index (χ1v) is 8.91. The van der Waals surface area contributed by atoms with Crippen LogP contribution in [0.2, 0.25) is 0 Å². The third-order valence-electron chi connectivity index (χ3n) is 5.33. The zero-order valence-electron chi connectivity index (χ0n) is 14.9. The van der Waals surface area contributed by atoms with Crippen molar-refractivity contribution >= 4 is 5.91 Å². The van der Waals surface area contributed by atoms with Crippen LogP contribution in [0, 0.1) is 19.8 Å². The van der Waals surface area contributed by atoms with Crippen LogP contribution < -0.4 is 5.32 Å². The van der Waals surface area contributed by atoms with E-state index in [1.807, 2.05) is 18.7 Å². The topological polar surface area (TPSA) is 82.2 Å². The Morgan fingerprint density at radius 3 is 2.84 bits per heavy atom. The van der Waals surface area contributed by atoms with E-state index in [0.717, 1.165) is 42.0 Å². The van der Waals surface area contributed by atoms with Gasteiger partial charge < -0.3 is 14.6 Å². The minimum Gasteiger partial charge on any atom is -0.373 e. The van der Waals surface area contributed by atoms with Crippen LogP contribution >= 0.6 is 0 Å². The van der Waals surface area contributed by atoms with E-state index in [0.29, 0.717) is 24.8 Å². The summed E-state index contributed by atoms with van der Waals surface area (Å²) in [6.45, 7) is 5.33. The molecule has 134 valence electrons. The summed E-state index contributed by atoms with van der Waals surface area (Å²) in [5.74, 6) is 1.34. The number of aromatic nitrogens is 3. The van der Waals surface area contributed by atoms with Gasteiger partial charge in [0.25, 0.3) is 5.91 Å². The molecule has 0 unspecified atom stereocenters. The number of nitrogens with one attached hydrogen (secondary N) is 1. The second-order valence-electron chi connectivity index (χ2n) is 7.15. The zero-order chi connectivity index (χ0) is 17.6. The summed E-state index contributed by atoms with van der Waals surface area (Å²) in [5, 5.41) is 11.4. The van der Waals surface area contributed by atoms with Gasteiger partial charge in [-0.25, -0.2) is 0 Å². The van der Waals surface area contributed by atoms with Gasteiger partial charge in [-0.05, 0) is 33.1 Å². The third kappa shape index (κ3) is 3.08.